The minimum atomic E-state index is -0.307. The zero-order valence-corrected chi connectivity index (χ0v) is 21.1. The Morgan fingerprint density at radius 1 is 0.943 bits per heavy atom. The molecule has 1 aliphatic heterocycles. The number of Topliss-reactive ketones (excluding diaryl/α,β-unsaturated/α-hetero) is 1. The third kappa shape index (κ3) is 5.09. The number of allylic oxidation sites excluding steroid dienone is 1. The van der Waals surface area contributed by atoms with Gasteiger partial charge in [0.25, 0.3) is 0 Å². The van der Waals surface area contributed by atoms with Gasteiger partial charge in [0.15, 0.2) is 5.78 Å². The first-order valence-corrected chi connectivity index (χ1v) is 13.0. The van der Waals surface area contributed by atoms with Crippen LogP contribution in [0.4, 0.5) is 4.39 Å². The fraction of sp³-hybridized carbons (Fsp3) is 0.300. The lowest BCUT2D eigenvalue weighted by Crippen LogP contribution is -2.50. The van der Waals surface area contributed by atoms with E-state index in [2.05, 4.69) is 41.3 Å². The lowest BCUT2D eigenvalue weighted by molar-refractivity contribution is 0.0613. The van der Waals surface area contributed by atoms with Crippen LogP contribution in [0, 0.1) is 5.92 Å². The van der Waals surface area contributed by atoms with Crippen LogP contribution in [0.1, 0.15) is 51.9 Å². The molecule has 5 rings (SSSR count). The van der Waals surface area contributed by atoms with E-state index in [4.69, 9.17) is 23.2 Å². The van der Waals surface area contributed by atoms with Gasteiger partial charge in [0.1, 0.15) is 0 Å². The molecule has 1 fully saturated rings. The quantitative estimate of drug-likeness (QED) is 0.304. The standard InChI is InChI=1S/C30H28Cl2FNO/c31-24-13-14-26(28(32)17-24)27-8-3-6-20-5-1-2-7-25(20)29(27)21-9-11-22(12-10-21)30(35)23-18-34(19-23)16-4-15-33/h1-2,5,7,9-14,17,23H,3-4,6,8,15-16,18-19H2. The van der Waals surface area contributed by atoms with E-state index >= 15 is 0 Å². The van der Waals surface area contributed by atoms with E-state index in [1.54, 1.807) is 6.07 Å². The summed E-state index contributed by atoms with van der Waals surface area (Å²) >= 11 is 12.9. The molecule has 5 heteroatoms. The number of carbonyl (C=O) groups is 1. The van der Waals surface area contributed by atoms with Crippen LogP contribution in [0.3, 0.4) is 0 Å². The van der Waals surface area contributed by atoms with Gasteiger partial charge in [0.05, 0.1) is 6.67 Å². The average molecular weight is 508 g/mol. The van der Waals surface area contributed by atoms with E-state index in [-0.39, 0.29) is 18.4 Å². The third-order valence-electron chi connectivity index (χ3n) is 7.11. The first-order chi connectivity index (χ1) is 17.0. The van der Waals surface area contributed by atoms with Crippen LogP contribution in [0.2, 0.25) is 10.0 Å². The van der Waals surface area contributed by atoms with Crippen molar-refractivity contribution in [3.05, 3.63) is 105 Å². The van der Waals surface area contributed by atoms with Gasteiger partial charge in [-0.25, -0.2) is 0 Å². The van der Waals surface area contributed by atoms with Crippen LogP contribution in [0.5, 0.6) is 0 Å². The summed E-state index contributed by atoms with van der Waals surface area (Å²) in [7, 11) is 0. The van der Waals surface area contributed by atoms with Gasteiger partial charge in [-0.2, -0.15) is 0 Å². The monoisotopic (exact) mass is 507 g/mol. The van der Waals surface area contributed by atoms with Crippen molar-refractivity contribution in [2.45, 2.75) is 25.7 Å². The van der Waals surface area contributed by atoms with Gasteiger partial charge in [-0.15, -0.1) is 0 Å². The van der Waals surface area contributed by atoms with Crippen molar-refractivity contribution >= 4 is 40.1 Å². The van der Waals surface area contributed by atoms with Crippen molar-refractivity contribution < 1.29 is 9.18 Å². The topological polar surface area (TPSA) is 20.3 Å². The molecule has 0 spiro atoms. The maximum Gasteiger partial charge on any atom is 0.168 e. The average Bonchev–Trinajstić information content (AvgIpc) is 3.03. The molecule has 3 aromatic carbocycles. The van der Waals surface area contributed by atoms with Gasteiger partial charge in [-0.3, -0.25) is 9.18 Å². The number of aryl methyl sites for hydroxylation is 1. The number of rotatable bonds is 7. The maximum atomic E-state index is 13.0. The predicted octanol–water partition coefficient (Wildman–Crippen LogP) is 7.76. The first-order valence-electron chi connectivity index (χ1n) is 12.2. The lowest BCUT2D eigenvalue weighted by Gasteiger charge is -2.38. The van der Waals surface area contributed by atoms with E-state index in [0.29, 0.717) is 16.5 Å². The zero-order chi connectivity index (χ0) is 24.4. The molecule has 0 bridgehead atoms. The smallest absolute Gasteiger partial charge is 0.168 e. The Kier molecular flexibility index (Phi) is 7.38. The summed E-state index contributed by atoms with van der Waals surface area (Å²) in [6, 6.07) is 22.3. The second-order valence-corrected chi connectivity index (χ2v) is 10.3. The molecule has 1 heterocycles. The summed E-state index contributed by atoms with van der Waals surface area (Å²) in [5.41, 5.74) is 7.73. The molecule has 2 nitrogen and oxygen atoms in total. The molecule has 0 N–H and O–H groups in total. The Hall–Kier alpha value is -2.46. The fourth-order valence-corrected chi connectivity index (χ4v) is 5.82. The Morgan fingerprint density at radius 2 is 1.71 bits per heavy atom. The molecular formula is C30H28Cl2FNO. The fourth-order valence-electron chi connectivity index (χ4n) is 5.30. The van der Waals surface area contributed by atoms with Crippen LogP contribution in [0.25, 0.3) is 11.1 Å². The maximum absolute atomic E-state index is 13.0. The highest BCUT2D eigenvalue weighted by Crippen LogP contribution is 2.42. The van der Waals surface area contributed by atoms with Gasteiger partial charge < -0.3 is 4.90 Å². The molecule has 0 saturated carbocycles. The molecule has 1 aliphatic carbocycles. The number of alkyl halides is 1. The van der Waals surface area contributed by atoms with E-state index in [1.807, 2.05) is 24.3 Å². The Balaban J connectivity index is 1.50. The SMILES string of the molecule is O=C(c1ccc(C2=C(c3ccc(Cl)cc3Cl)CCCc3ccccc32)cc1)C1CN(CCCF)C1. The minimum Gasteiger partial charge on any atom is -0.302 e. The van der Waals surface area contributed by atoms with Crippen LogP contribution in [-0.2, 0) is 6.42 Å². The molecule has 2 aliphatic rings. The summed E-state index contributed by atoms with van der Waals surface area (Å²) in [5, 5.41) is 1.27. The van der Waals surface area contributed by atoms with E-state index in [1.165, 1.54) is 22.3 Å². The van der Waals surface area contributed by atoms with Gasteiger partial charge in [0.2, 0.25) is 0 Å². The van der Waals surface area contributed by atoms with Gasteiger partial charge in [0, 0.05) is 41.2 Å². The van der Waals surface area contributed by atoms with Crippen molar-refractivity contribution in [2.75, 3.05) is 26.3 Å². The second kappa shape index (κ2) is 10.7. The highest BCUT2D eigenvalue weighted by molar-refractivity contribution is 6.36. The summed E-state index contributed by atoms with van der Waals surface area (Å²) < 4.78 is 12.4. The molecule has 1 saturated heterocycles. The molecule has 0 amide bonds. The first kappa shape index (κ1) is 24.2. The minimum absolute atomic E-state index is 0.00159. The van der Waals surface area contributed by atoms with Crippen molar-refractivity contribution in [1.82, 2.24) is 4.90 Å². The number of hydrogen-bond donors (Lipinski definition) is 0. The Bertz CT molecular complexity index is 1260. The number of nitrogens with zero attached hydrogens (tertiary/aromatic N) is 1. The van der Waals surface area contributed by atoms with E-state index in [9.17, 15) is 9.18 Å². The number of halogens is 3. The van der Waals surface area contributed by atoms with Crippen LogP contribution < -0.4 is 0 Å². The molecule has 180 valence electrons. The lowest BCUT2D eigenvalue weighted by atomic mass is 9.86. The molecule has 35 heavy (non-hydrogen) atoms. The Labute approximate surface area is 216 Å². The number of ketones is 1. The molecular weight excluding hydrogens is 480 g/mol. The number of likely N-dealkylation sites (tertiary alicyclic amines) is 1. The Morgan fingerprint density at radius 3 is 2.46 bits per heavy atom. The number of hydrogen-bond acceptors (Lipinski definition) is 2. The highest BCUT2D eigenvalue weighted by Gasteiger charge is 2.32. The van der Waals surface area contributed by atoms with Crippen molar-refractivity contribution in [3.63, 3.8) is 0 Å². The second-order valence-electron chi connectivity index (χ2n) is 9.43. The molecule has 0 unspecified atom stereocenters. The zero-order valence-electron chi connectivity index (χ0n) is 19.6. The van der Waals surface area contributed by atoms with Gasteiger partial charge >= 0.3 is 0 Å². The van der Waals surface area contributed by atoms with Gasteiger partial charge in [-0.05, 0) is 71.2 Å². The summed E-state index contributed by atoms with van der Waals surface area (Å²) in [5.74, 6) is 0.172. The normalized spacial score (nSPS) is 16.5. The summed E-state index contributed by atoms with van der Waals surface area (Å²) in [6.07, 6.45) is 3.48. The van der Waals surface area contributed by atoms with Gasteiger partial charge in [-0.1, -0.05) is 77.8 Å². The van der Waals surface area contributed by atoms with Crippen LogP contribution in [-0.4, -0.2) is 37.0 Å². The predicted molar refractivity (Wildman–Crippen MR) is 143 cm³/mol. The molecule has 0 radical (unpaired) electrons. The van der Waals surface area contributed by atoms with E-state index < -0.39 is 0 Å². The largest absolute Gasteiger partial charge is 0.302 e. The molecule has 0 atom stereocenters. The third-order valence-corrected chi connectivity index (χ3v) is 7.66. The van der Waals surface area contributed by atoms with Crippen LogP contribution >= 0.6 is 23.2 Å². The summed E-state index contributed by atoms with van der Waals surface area (Å²) in [6.45, 7) is 1.86. The van der Waals surface area contributed by atoms with Crippen molar-refractivity contribution in [2.24, 2.45) is 5.92 Å². The molecule has 3 aromatic rings. The van der Waals surface area contributed by atoms with E-state index in [0.717, 1.165) is 55.6 Å². The number of carbonyl (C=O) groups excluding carboxylic acids is 1. The number of benzene rings is 3. The number of fused-ring (bicyclic) bond motifs is 1. The summed E-state index contributed by atoms with van der Waals surface area (Å²) in [4.78, 5) is 15.2. The highest BCUT2D eigenvalue weighted by atomic mass is 35.5. The molecule has 0 aromatic heterocycles. The van der Waals surface area contributed by atoms with Crippen molar-refractivity contribution in [3.8, 4) is 0 Å². The van der Waals surface area contributed by atoms with Crippen LogP contribution in [0.15, 0.2) is 66.7 Å². The van der Waals surface area contributed by atoms with Crippen molar-refractivity contribution in [1.29, 1.82) is 0 Å².